The Morgan fingerprint density at radius 1 is 0.700 bits per heavy atom. The number of phenols is 1. The molecule has 0 radical (unpaired) electrons. The van der Waals surface area contributed by atoms with E-state index in [0.29, 0.717) is 29.0 Å². The maximum Gasteiger partial charge on any atom is 0.335 e. The van der Waals surface area contributed by atoms with E-state index in [9.17, 15) is 14.7 Å². The topological polar surface area (TPSA) is 72.8 Å². The first kappa shape index (κ1) is 33.1. The molecule has 1 N–H and O–H groups in total. The first-order valence-corrected chi connectivity index (χ1v) is 14.2. The number of benzene rings is 2. The van der Waals surface area contributed by atoms with Gasteiger partial charge in [0.05, 0.1) is 5.92 Å². The lowest BCUT2D eigenvalue weighted by Crippen LogP contribution is -2.21. The van der Waals surface area contributed by atoms with Crippen LogP contribution in [0.25, 0.3) is 0 Å². The second-order valence-electron chi connectivity index (χ2n) is 14.8. The van der Waals surface area contributed by atoms with Crippen LogP contribution in [0.3, 0.4) is 0 Å². The summed E-state index contributed by atoms with van der Waals surface area (Å²) in [7, 11) is 0. The summed E-state index contributed by atoms with van der Waals surface area (Å²) < 4.78 is 11.5. The lowest BCUT2D eigenvalue weighted by molar-refractivity contribution is -0.137. The van der Waals surface area contributed by atoms with Crippen LogP contribution in [0.15, 0.2) is 42.5 Å². The average Bonchev–Trinajstić information content (AvgIpc) is 2.77. The fourth-order valence-corrected chi connectivity index (χ4v) is 4.25. The van der Waals surface area contributed by atoms with Crippen LogP contribution in [0.5, 0.6) is 17.2 Å². The largest absolute Gasteiger partial charge is 0.507 e. The molecule has 5 heteroatoms. The zero-order chi connectivity index (χ0) is 30.8. The van der Waals surface area contributed by atoms with Crippen LogP contribution in [-0.2, 0) is 31.2 Å². The standard InChI is InChI=1S/C35H50O5/c1-14-22(31(38)40-26-20-27(34(8,9)10)30(37)28(21-26)35(11,12)13)15-16-29(36)39-25-18-23(32(2,3)4)17-24(19-25)33(5,6)7/h15-22,37H,14H2,1-13H3. The molecule has 0 aliphatic rings. The van der Waals surface area contributed by atoms with Crippen molar-refractivity contribution in [3.63, 3.8) is 0 Å². The Morgan fingerprint density at radius 2 is 1.12 bits per heavy atom. The predicted octanol–water partition coefficient (Wildman–Crippen LogP) is 8.68. The zero-order valence-electron chi connectivity index (χ0n) is 26.9. The van der Waals surface area contributed by atoms with Gasteiger partial charge in [-0.1, -0.05) is 102 Å². The molecule has 0 aliphatic heterocycles. The number of esters is 2. The fourth-order valence-electron chi connectivity index (χ4n) is 4.25. The second-order valence-corrected chi connectivity index (χ2v) is 14.8. The molecule has 2 rings (SSSR count). The number of hydrogen-bond donors (Lipinski definition) is 1. The van der Waals surface area contributed by atoms with Crippen LogP contribution in [0.2, 0.25) is 0 Å². The molecule has 0 bridgehead atoms. The van der Waals surface area contributed by atoms with E-state index in [1.807, 2.05) is 60.6 Å². The SMILES string of the molecule is CCC(C=CC(=O)Oc1cc(C(C)(C)C)cc(C(C)(C)C)c1)C(=O)Oc1cc(C(C)(C)C)c(O)c(C(C)(C)C)c1. The Morgan fingerprint density at radius 3 is 1.50 bits per heavy atom. The van der Waals surface area contributed by atoms with Crippen molar-refractivity contribution < 1.29 is 24.2 Å². The molecule has 2 aromatic carbocycles. The molecule has 0 spiro atoms. The van der Waals surface area contributed by atoms with Crippen molar-refractivity contribution in [2.75, 3.05) is 0 Å². The lowest BCUT2D eigenvalue weighted by Gasteiger charge is -2.28. The molecule has 220 valence electrons. The molecular formula is C35H50O5. The predicted molar refractivity (Wildman–Crippen MR) is 164 cm³/mol. The molecule has 5 nitrogen and oxygen atoms in total. The number of rotatable bonds is 6. The van der Waals surface area contributed by atoms with E-state index in [-0.39, 0.29) is 27.4 Å². The van der Waals surface area contributed by atoms with Gasteiger partial charge in [-0.2, -0.15) is 0 Å². The van der Waals surface area contributed by atoms with Crippen molar-refractivity contribution in [2.45, 2.75) is 118 Å². The van der Waals surface area contributed by atoms with Gasteiger partial charge in [-0.25, -0.2) is 4.79 Å². The first-order valence-electron chi connectivity index (χ1n) is 14.2. The van der Waals surface area contributed by atoms with Gasteiger partial charge in [-0.3, -0.25) is 4.79 Å². The van der Waals surface area contributed by atoms with Crippen LogP contribution >= 0.6 is 0 Å². The van der Waals surface area contributed by atoms with Crippen LogP contribution in [0.1, 0.15) is 119 Å². The van der Waals surface area contributed by atoms with Gasteiger partial charge >= 0.3 is 11.9 Å². The Hall–Kier alpha value is -3.08. The Labute approximate surface area is 242 Å². The minimum atomic E-state index is -0.636. The third-order valence-electron chi connectivity index (χ3n) is 6.98. The number of carbonyl (C=O) groups is 2. The monoisotopic (exact) mass is 550 g/mol. The molecule has 0 aliphatic carbocycles. The molecule has 0 saturated heterocycles. The van der Waals surface area contributed by atoms with Crippen molar-refractivity contribution in [3.8, 4) is 17.2 Å². The van der Waals surface area contributed by atoms with Gasteiger partial charge in [0, 0.05) is 17.2 Å². The molecule has 1 unspecified atom stereocenters. The molecule has 2 aromatic rings. The van der Waals surface area contributed by atoms with Gasteiger partial charge in [0.15, 0.2) is 0 Å². The molecule has 0 saturated carbocycles. The zero-order valence-corrected chi connectivity index (χ0v) is 26.9. The van der Waals surface area contributed by atoms with Crippen LogP contribution in [-0.4, -0.2) is 17.0 Å². The fraction of sp³-hybridized carbons (Fsp3) is 0.543. The van der Waals surface area contributed by atoms with E-state index in [2.05, 4.69) is 47.6 Å². The summed E-state index contributed by atoms with van der Waals surface area (Å²) in [4.78, 5) is 25.9. The van der Waals surface area contributed by atoms with Crippen molar-refractivity contribution >= 4 is 11.9 Å². The molecule has 1 atom stereocenters. The Bertz CT molecular complexity index is 1190. The lowest BCUT2D eigenvalue weighted by atomic mass is 9.79. The Kier molecular flexibility index (Phi) is 9.77. The van der Waals surface area contributed by atoms with Crippen molar-refractivity contribution in [1.29, 1.82) is 0 Å². The highest BCUT2D eigenvalue weighted by Crippen LogP contribution is 2.42. The third-order valence-corrected chi connectivity index (χ3v) is 6.98. The van der Waals surface area contributed by atoms with Crippen LogP contribution in [0, 0.1) is 5.92 Å². The summed E-state index contributed by atoms with van der Waals surface area (Å²) in [5.41, 5.74) is 2.67. The normalized spacial score (nSPS) is 13.8. The number of hydrogen-bond acceptors (Lipinski definition) is 5. The van der Waals surface area contributed by atoms with E-state index < -0.39 is 17.9 Å². The van der Waals surface area contributed by atoms with E-state index in [0.717, 1.165) is 11.1 Å². The second kappa shape index (κ2) is 11.8. The van der Waals surface area contributed by atoms with Crippen LogP contribution in [0.4, 0.5) is 0 Å². The van der Waals surface area contributed by atoms with Gasteiger partial charge in [0.1, 0.15) is 17.2 Å². The number of aromatic hydroxyl groups is 1. The van der Waals surface area contributed by atoms with Gasteiger partial charge in [0.25, 0.3) is 0 Å². The number of ether oxygens (including phenoxy) is 2. The van der Waals surface area contributed by atoms with Gasteiger partial charge in [-0.05, 0) is 63.5 Å². The molecule has 0 amide bonds. The summed E-state index contributed by atoms with van der Waals surface area (Å²) in [6.07, 6.45) is 3.29. The van der Waals surface area contributed by atoms with Crippen molar-refractivity contribution in [2.24, 2.45) is 5.92 Å². The molecule has 40 heavy (non-hydrogen) atoms. The van der Waals surface area contributed by atoms with E-state index in [4.69, 9.17) is 9.47 Å². The van der Waals surface area contributed by atoms with Crippen molar-refractivity contribution in [3.05, 3.63) is 64.7 Å². The first-order chi connectivity index (χ1) is 18.0. The Balaban J connectivity index is 2.29. The summed E-state index contributed by atoms with van der Waals surface area (Å²) in [6, 6.07) is 9.41. The minimum absolute atomic E-state index is 0.108. The smallest absolute Gasteiger partial charge is 0.335 e. The van der Waals surface area contributed by atoms with Crippen LogP contribution < -0.4 is 9.47 Å². The van der Waals surface area contributed by atoms with E-state index in [1.54, 1.807) is 18.2 Å². The summed E-state index contributed by atoms with van der Waals surface area (Å²) in [5.74, 6) is -0.575. The van der Waals surface area contributed by atoms with Gasteiger partial charge < -0.3 is 14.6 Å². The molecule has 0 heterocycles. The molecular weight excluding hydrogens is 500 g/mol. The third kappa shape index (κ3) is 8.71. The van der Waals surface area contributed by atoms with E-state index in [1.165, 1.54) is 6.08 Å². The average molecular weight is 551 g/mol. The maximum atomic E-state index is 13.1. The highest BCUT2D eigenvalue weighted by atomic mass is 16.5. The molecule has 0 aromatic heterocycles. The molecule has 0 fully saturated rings. The summed E-state index contributed by atoms with van der Waals surface area (Å²) >= 11 is 0. The number of phenolic OH excluding ortho intramolecular Hbond substituents is 1. The number of carbonyl (C=O) groups excluding carboxylic acids is 2. The van der Waals surface area contributed by atoms with Crippen molar-refractivity contribution in [1.82, 2.24) is 0 Å². The highest BCUT2D eigenvalue weighted by molar-refractivity contribution is 5.86. The summed E-state index contributed by atoms with van der Waals surface area (Å²) in [5, 5.41) is 11.0. The highest BCUT2D eigenvalue weighted by Gasteiger charge is 2.28. The quantitative estimate of drug-likeness (QED) is 0.221. The van der Waals surface area contributed by atoms with Gasteiger partial charge in [0.2, 0.25) is 0 Å². The van der Waals surface area contributed by atoms with Gasteiger partial charge in [-0.15, -0.1) is 0 Å². The van der Waals surface area contributed by atoms with E-state index >= 15 is 0 Å². The summed E-state index contributed by atoms with van der Waals surface area (Å²) in [6.45, 7) is 26.6. The minimum Gasteiger partial charge on any atom is -0.507 e. The maximum absolute atomic E-state index is 13.1.